The number of furan rings is 1. The van der Waals surface area contributed by atoms with Gasteiger partial charge in [0.05, 0.1) is 22.4 Å². The molecule has 0 radical (unpaired) electrons. The van der Waals surface area contributed by atoms with Crippen molar-refractivity contribution in [2.45, 2.75) is 0 Å². The first kappa shape index (κ1) is 36.5. The number of rotatable bonds is 8. The summed E-state index contributed by atoms with van der Waals surface area (Å²) < 4.78 is 8.92. The number of para-hydroxylation sites is 4. The molecule has 0 N–H and O–H groups in total. The Hall–Kier alpha value is -8.40. The van der Waals surface area contributed by atoms with Crippen molar-refractivity contribution in [3.05, 3.63) is 243 Å². The molecule has 0 saturated heterocycles. The second-order valence-corrected chi connectivity index (χ2v) is 16.1. The van der Waals surface area contributed by atoms with Gasteiger partial charge in [0.1, 0.15) is 5.58 Å². The van der Waals surface area contributed by atoms with Gasteiger partial charge >= 0.3 is 0 Å². The van der Waals surface area contributed by atoms with Crippen LogP contribution in [0.25, 0.3) is 93.9 Å². The molecule has 3 nitrogen and oxygen atoms in total. The molecule has 3 heteroatoms. The summed E-state index contributed by atoms with van der Waals surface area (Å²) in [5.41, 5.74) is 17.8. The molecule has 0 aliphatic carbocycles. The lowest BCUT2D eigenvalue weighted by Gasteiger charge is -2.28. The molecule has 0 aliphatic rings. The summed E-state index contributed by atoms with van der Waals surface area (Å²) in [5.74, 6) is 0. The maximum Gasteiger partial charge on any atom is 0.159 e. The van der Waals surface area contributed by atoms with E-state index in [9.17, 15) is 0 Å². The Bertz CT molecular complexity index is 3520. The van der Waals surface area contributed by atoms with E-state index in [4.69, 9.17) is 4.42 Å². The van der Waals surface area contributed by atoms with Crippen molar-refractivity contribution in [1.82, 2.24) is 4.57 Å². The van der Waals surface area contributed by atoms with E-state index in [-0.39, 0.29) is 0 Å². The summed E-state index contributed by atoms with van der Waals surface area (Å²) in [6.07, 6.45) is 0. The van der Waals surface area contributed by atoms with Crippen molar-refractivity contribution in [2.24, 2.45) is 0 Å². The maximum absolute atomic E-state index is 6.56. The van der Waals surface area contributed by atoms with Gasteiger partial charge in [-0.05, 0) is 106 Å². The fourth-order valence-corrected chi connectivity index (χ4v) is 9.39. The van der Waals surface area contributed by atoms with E-state index in [1.807, 2.05) is 12.1 Å². The Labute approximate surface area is 366 Å². The van der Waals surface area contributed by atoms with Crippen LogP contribution in [0.1, 0.15) is 0 Å². The molecule has 10 aromatic carbocycles. The van der Waals surface area contributed by atoms with Gasteiger partial charge in [0.25, 0.3) is 0 Å². The second kappa shape index (κ2) is 15.3. The molecule has 12 rings (SSSR count). The van der Waals surface area contributed by atoms with E-state index in [1.165, 1.54) is 33.0 Å². The van der Waals surface area contributed by atoms with Crippen molar-refractivity contribution >= 4 is 60.8 Å². The predicted molar refractivity (Wildman–Crippen MR) is 264 cm³/mol. The highest BCUT2D eigenvalue weighted by atomic mass is 16.3. The van der Waals surface area contributed by atoms with E-state index >= 15 is 0 Å². The van der Waals surface area contributed by atoms with Crippen LogP contribution in [0.3, 0.4) is 0 Å². The van der Waals surface area contributed by atoms with E-state index in [0.29, 0.717) is 0 Å². The standard InChI is InChI=1S/C60H40N2O/c1-3-15-41(16-4-1)43-29-34-48(35-30-43)61(49-36-31-44(32-37-49)42-17-5-2-6-18-42)55-25-10-7-21-50(55)47-20-13-19-45(39-47)46-33-38-57-54(40-46)51-22-8-11-26-56(51)62(57)58-27-14-24-53-52-23-9-12-28-59(52)63-60(53)58/h1-40H. The first-order valence-corrected chi connectivity index (χ1v) is 21.5. The minimum Gasteiger partial charge on any atom is -0.454 e. The highest BCUT2D eigenvalue weighted by molar-refractivity contribution is 6.13. The summed E-state index contributed by atoms with van der Waals surface area (Å²) in [4.78, 5) is 2.38. The van der Waals surface area contributed by atoms with Gasteiger partial charge in [0, 0.05) is 38.5 Å². The van der Waals surface area contributed by atoms with Crippen LogP contribution in [0, 0.1) is 0 Å². The number of benzene rings is 10. The van der Waals surface area contributed by atoms with Gasteiger partial charge in [-0.1, -0.05) is 176 Å². The van der Waals surface area contributed by atoms with Gasteiger partial charge < -0.3 is 13.9 Å². The van der Waals surface area contributed by atoms with E-state index in [2.05, 4.69) is 240 Å². The fourth-order valence-electron chi connectivity index (χ4n) is 9.39. The van der Waals surface area contributed by atoms with Crippen molar-refractivity contribution in [3.8, 4) is 50.2 Å². The van der Waals surface area contributed by atoms with Gasteiger partial charge in [0.15, 0.2) is 5.58 Å². The Morgan fingerprint density at radius 3 is 1.56 bits per heavy atom. The van der Waals surface area contributed by atoms with E-state index in [0.717, 1.165) is 78.0 Å². The zero-order valence-corrected chi connectivity index (χ0v) is 34.4. The number of nitrogens with zero attached hydrogens (tertiary/aromatic N) is 2. The number of hydrogen-bond acceptors (Lipinski definition) is 2. The molecule has 0 saturated carbocycles. The van der Waals surface area contributed by atoms with Gasteiger partial charge in [-0.3, -0.25) is 0 Å². The SMILES string of the molecule is c1ccc(-c2ccc(N(c3ccc(-c4ccccc4)cc3)c3ccccc3-c3cccc(-c4ccc5c(c4)c4ccccc4n5-c4cccc5c4oc4ccccc45)c3)cc2)cc1. The normalized spacial score (nSPS) is 11.5. The molecular formula is C60H40N2O. The van der Waals surface area contributed by atoms with Crippen LogP contribution in [0.4, 0.5) is 17.1 Å². The molecule has 63 heavy (non-hydrogen) atoms. The molecule has 0 amide bonds. The lowest BCUT2D eigenvalue weighted by Crippen LogP contribution is -2.11. The largest absolute Gasteiger partial charge is 0.454 e. The molecular weight excluding hydrogens is 765 g/mol. The minimum absolute atomic E-state index is 0.894. The third kappa shape index (κ3) is 6.38. The Morgan fingerprint density at radius 2 is 0.825 bits per heavy atom. The Balaban J connectivity index is 0.966. The van der Waals surface area contributed by atoms with E-state index < -0.39 is 0 Å². The van der Waals surface area contributed by atoms with Crippen LogP contribution in [0.2, 0.25) is 0 Å². The summed E-state index contributed by atoms with van der Waals surface area (Å²) in [6.45, 7) is 0. The summed E-state index contributed by atoms with van der Waals surface area (Å²) in [6, 6.07) is 87.1. The van der Waals surface area contributed by atoms with Crippen molar-refractivity contribution < 1.29 is 4.42 Å². The molecule has 2 aromatic heterocycles. The molecule has 12 aromatic rings. The van der Waals surface area contributed by atoms with Crippen LogP contribution in [0.5, 0.6) is 0 Å². The average molecular weight is 805 g/mol. The molecule has 2 heterocycles. The van der Waals surface area contributed by atoms with Gasteiger partial charge in [0.2, 0.25) is 0 Å². The highest BCUT2D eigenvalue weighted by Crippen LogP contribution is 2.44. The molecule has 0 fully saturated rings. The second-order valence-electron chi connectivity index (χ2n) is 16.1. The fraction of sp³-hybridized carbons (Fsp3) is 0. The summed E-state index contributed by atoms with van der Waals surface area (Å²) >= 11 is 0. The number of anilines is 3. The van der Waals surface area contributed by atoms with Crippen LogP contribution in [0.15, 0.2) is 247 Å². The third-order valence-electron chi connectivity index (χ3n) is 12.4. The molecule has 0 aliphatic heterocycles. The first-order valence-electron chi connectivity index (χ1n) is 21.5. The lowest BCUT2D eigenvalue weighted by molar-refractivity contribution is 0.666. The van der Waals surface area contributed by atoms with Gasteiger partial charge in [-0.15, -0.1) is 0 Å². The van der Waals surface area contributed by atoms with Crippen LogP contribution in [-0.4, -0.2) is 4.57 Å². The zero-order valence-electron chi connectivity index (χ0n) is 34.4. The smallest absolute Gasteiger partial charge is 0.159 e. The molecule has 0 spiro atoms. The molecule has 296 valence electrons. The van der Waals surface area contributed by atoms with E-state index in [1.54, 1.807) is 0 Å². The molecule has 0 bridgehead atoms. The van der Waals surface area contributed by atoms with Crippen molar-refractivity contribution in [1.29, 1.82) is 0 Å². The van der Waals surface area contributed by atoms with Crippen molar-refractivity contribution in [3.63, 3.8) is 0 Å². The quantitative estimate of drug-likeness (QED) is 0.153. The number of fused-ring (bicyclic) bond motifs is 6. The Kier molecular flexibility index (Phi) is 8.83. The molecule has 0 unspecified atom stereocenters. The average Bonchev–Trinajstić information content (AvgIpc) is 3.91. The predicted octanol–water partition coefficient (Wildman–Crippen LogP) is 16.8. The van der Waals surface area contributed by atoms with Crippen LogP contribution >= 0.6 is 0 Å². The summed E-state index contributed by atoms with van der Waals surface area (Å²) in [5, 5.41) is 4.65. The highest BCUT2D eigenvalue weighted by Gasteiger charge is 2.20. The Morgan fingerprint density at radius 1 is 0.317 bits per heavy atom. The van der Waals surface area contributed by atoms with Crippen LogP contribution < -0.4 is 4.90 Å². The molecule has 0 atom stereocenters. The van der Waals surface area contributed by atoms with Crippen molar-refractivity contribution in [2.75, 3.05) is 4.90 Å². The van der Waals surface area contributed by atoms with Gasteiger partial charge in [-0.2, -0.15) is 0 Å². The zero-order chi connectivity index (χ0) is 41.7. The lowest BCUT2D eigenvalue weighted by atomic mass is 9.96. The number of hydrogen-bond donors (Lipinski definition) is 0. The first-order chi connectivity index (χ1) is 31.2. The third-order valence-corrected chi connectivity index (χ3v) is 12.4. The monoisotopic (exact) mass is 804 g/mol. The topological polar surface area (TPSA) is 21.3 Å². The maximum atomic E-state index is 6.56. The summed E-state index contributed by atoms with van der Waals surface area (Å²) in [7, 11) is 0. The van der Waals surface area contributed by atoms with Crippen LogP contribution in [-0.2, 0) is 0 Å². The van der Waals surface area contributed by atoms with Gasteiger partial charge in [-0.25, -0.2) is 0 Å². The minimum atomic E-state index is 0.894. The number of aromatic nitrogens is 1.